The fraction of sp³-hybridized carbons (Fsp3) is 0.133. The van der Waals surface area contributed by atoms with E-state index in [2.05, 4.69) is 31.9 Å². The number of benzene rings is 2. The molecule has 2 rings (SSSR count). The third-order valence-electron chi connectivity index (χ3n) is 2.67. The minimum absolute atomic E-state index is 0.133. The Kier molecular flexibility index (Phi) is 5.24. The van der Waals surface area contributed by atoms with Crippen molar-refractivity contribution in [1.82, 2.24) is 0 Å². The van der Waals surface area contributed by atoms with Crippen molar-refractivity contribution in [2.75, 3.05) is 6.61 Å². The van der Waals surface area contributed by atoms with E-state index in [0.717, 1.165) is 10.2 Å². The van der Waals surface area contributed by atoms with Gasteiger partial charge < -0.3 is 4.74 Å². The molecule has 0 saturated heterocycles. The van der Waals surface area contributed by atoms with Gasteiger partial charge >= 0.3 is 0 Å². The van der Waals surface area contributed by atoms with Crippen LogP contribution in [0.15, 0.2) is 45.3 Å². The molecule has 0 aromatic heterocycles. The van der Waals surface area contributed by atoms with Gasteiger partial charge in [0, 0.05) is 20.1 Å². The second-order valence-electron chi connectivity index (χ2n) is 4.03. The van der Waals surface area contributed by atoms with Gasteiger partial charge in [-0.15, -0.1) is 0 Å². The SMILES string of the molecule is CCOc1ccc(C(=O)c2cc(Br)ccc2Cl)c(Br)c1. The Bertz CT molecular complexity index is 656. The monoisotopic (exact) mass is 416 g/mol. The maximum absolute atomic E-state index is 12.5. The largest absolute Gasteiger partial charge is 0.494 e. The first kappa shape index (κ1) is 15.5. The molecule has 0 atom stereocenters. The predicted octanol–water partition coefficient (Wildman–Crippen LogP) is 5.49. The fourth-order valence-electron chi connectivity index (χ4n) is 1.75. The van der Waals surface area contributed by atoms with E-state index >= 15 is 0 Å². The summed E-state index contributed by atoms with van der Waals surface area (Å²) in [6, 6.07) is 10.5. The van der Waals surface area contributed by atoms with Crippen LogP contribution in [-0.4, -0.2) is 12.4 Å². The average Bonchev–Trinajstić information content (AvgIpc) is 2.41. The van der Waals surface area contributed by atoms with Crippen LogP contribution in [0.3, 0.4) is 0 Å². The minimum Gasteiger partial charge on any atom is -0.494 e. The van der Waals surface area contributed by atoms with E-state index in [9.17, 15) is 4.79 Å². The topological polar surface area (TPSA) is 26.3 Å². The molecule has 2 nitrogen and oxygen atoms in total. The quantitative estimate of drug-likeness (QED) is 0.614. The lowest BCUT2D eigenvalue weighted by atomic mass is 10.0. The molecule has 20 heavy (non-hydrogen) atoms. The molecule has 0 bridgehead atoms. The highest BCUT2D eigenvalue weighted by atomic mass is 79.9. The summed E-state index contributed by atoms with van der Waals surface area (Å²) >= 11 is 12.8. The Labute approximate surface area is 139 Å². The van der Waals surface area contributed by atoms with Crippen LogP contribution in [0.25, 0.3) is 0 Å². The van der Waals surface area contributed by atoms with Gasteiger partial charge in [0.15, 0.2) is 5.78 Å². The lowest BCUT2D eigenvalue weighted by molar-refractivity contribution is 0.103. The third kappa shape index (κ3) is 3.43. The van der Waals surface area contributed by atoms with Gasteiger partial charge in [0.1, 0.15) is 5.75 Å². The molecule has 0 aliphatic heterocycles. The van der Waals surface area contributed by atoms with Crippen molar-refractivity contribution >= 4 is 49.2 Å². The number of hydrogen-bond donors (Lipinski definition) is 0. The summed E-state index contributed by atoms with van der Waals surface area (Å²) in [6.07, 6.45) is 0. The van der Waals surface area contributed by atoms with Gasteiger partial charge in [0.2, 0.25) is 0 Å². The third-order valence-corrected chi connectivity index (χ3v) is 4.15. The molecule has 0 heterocycles. The van der Waals surface area contributed by atoms with Crippen molar-refractivity contribution in [2.45, 2.75) is 6.92 Å². The van der Waals surface area contributed by atoms with Crippen molar-refractivity contribution in [3.05, 3.63) is 61.5 Å². The molecule has 0 aliphatic rings. The lowest BCUT2D eigenvalue weighted by Gasteiger charge is -2.09. The van der Waals surface area contributed by atoms with E-state index in [1.54, 1.807) is 36.4 Å². The fourth-order valence-corrected chi connectivity index (χ4v) is 2.86. The summed E-state index contributed by atoms with van der Waals surface area (Å²) in [7, 11) is 0. The Morgan fingerprint density at radius 1 is 1.15 bits per heavy atom. The summed E-state index contributed by atoms with van der Waals surface area (Å²) in [5.41, 5.74) is 1.01. The van der Waals surface area contributed by atoms with Gasteiger partial charge in [0.25, 0.3) is 0 Å². The van der Waals surface area contributed by atoms with Crippen molar-refractivity contribution in [1.29, 1.82) is 0 Å². The number of carbonyl (C=O) groups is 1. The molecular weight excluding hydrogens is 407 g/mol. The van der Waals surface area contributed by atoms with Gasteiger partial charge in [-0.2, -0.15) is 0 Å². The zero-order valence-electron chi connectivity index (χ0n) is 10.6. The first-order valence-corrected chi connectivity index (χ1v) is 7.91. The molecule has 0 radical (unpaired) electrons. The predicted molar refractivity (Wildman–Crippen MR) is 87.9 cm³/mol. The van der Waals surface area contributed by atoms with Gasteiger partial charge in [0.05, 0.1) is 11.6 Å². The zero-order chi connectivity index (χ0) is 14.7. The molecule has 2 aromatic carbocycles. The maximum Gasteiger partial charge on any atom is 0.195 e. The molecule has 0 aliphatic carbocycles. The Hall–Kier alpha value is -0.840. The summed E-state index contributed by atoms with van der Waals surface area (Å²) < 4.78 is 6.89. The van der Waals surface area contributed by atoms with Gasteiger partial charge in [-0.05, 0) is 59.3 Å². The Morgan fingerprint density at radius 3 is 2.55 bits per heavy atom. The molecule has 0 unspecified atom stereocenters. The highest BCUT2D eigenvalue weighted by molar-refractivity contribution is 9.10. The van der Waals surface area contributed by atoms with E-state index < -0.39 is 0 Å². The van der Waals surface area contributed by atoms with Crippen LogP contribution in [0.5, 0.6) is 5.75 Å². The van der Waals surface area contributed by atoms with Crippen LogP contribution >= 0.6 is 43.5 Å². The van der Waals surface area contributed by atoms with E-state index in [4.69, 9.17) is 16.3 Å². The number of rotatable bonds is 4. The summed E-state index contributed by atoms with van der Waals surface area (Å²) in [5.74, 6) is 0.586. The van der Waals surface area contributed by atoms with Gasteiger partial charge in [-0.25, -0.2) is 0 Å². The average molecular weight is 419 g/mol. The normalized spacial score (nSPS) is 10.4. The molecule has 2 aromatic rings. The second kappa shape index (κ2) is 6.74. The van der Waals surface area contributed by atoms with Gasteiger partial charge in [-0.3, -0.25) is 4.79 Å². The standard InChI is InChI=1S/C15H11Br2ClO2/c1-2-20-10-4-5-11(13(17)8-10)15(19)12-7-9(16)3-6-14(12)18/h3-8H,2H2,1H3. The van der Waals surface area contributed by atoms with Crippen LogP contribution in [-0.2, 0) is 0 Å². The van der Waals surface area contributed by atoms with Crippen LogP contribution in [0.4, 0.5) is 0 Å². The molecule has 0 saturated carbocycles. The Morgan fingerprint density at radius 2 is 1.90 bits per heavy atom. The lowest BCUT2D eigenvalue weighted by Crippen LogP contribution is -2.04. The maximum atomic E-state index is 12.5. The van der Waals surface area contributed by atoms with E-state index in [0.29, 0.717) is 27.2 Å². The molecule has 0 spiro atoms. The number of halogens is 3. The summed E-state index contributed by atoms with van der Waals surface area (Å²) in [5, 5.41) is 0.430. The Balaban J connectivity index is 2.40. The van der Waals surface area contributed by atoms with E-state index in [-0.39, 0.29) is 5.78 Å². The molecule has 104 valence electrons. The zero-order valence-corrected chi connectivity index (χ0v) is 14.5. The number of carbonyl (C=O) groups excluding carboxylic acids is 1. The number of hydrogen-bond acceptors (Lipinski definition) is 2. The van der Waals surface area contributed by atoms with Crippen molar-refractivity contribution < 1.29 is 9.53 Å². The number of ketones is 1. The first-order valence-electron chi connectivity index (χ1n) is 5.95. The molecule has 0 amide bonds. The second-order valence-corrected chi connectivity index (χ2v) is 6.21. The van der Waals surface area contributed by atoms with Gasteiger partial charge in [-0.1, -0.05) is 27.5 Å². The summed E-state index contributed by atoms with van der Waals surface area (Å²) in [6.45, 7) is 2.49. The molecule has 5 heteroatoms. The summed E-state index contributed by atoms with van der Waals surface area (Å²) in [4.78, 5) is 12.5. The number of ether oxygens (including phenoxy) is 1. The van der Waals surface area contributed by atoms with Crippen LogP contribution in [0.1, 0.15) is 22.8 Å². The molecule has 0 fully saturated rings. The first-order chi connectivity index (χ1) is 9.52. The highest BCUT2D eigenvalue weighted by Crippen LogP contribution is 2.29. The minimum atomic E-state index is -0.133. The van der Waals surface area contributed by atoms with Crippen molar-refractivity contribution in [3.8, 4) is 5.75 Å². The van der Waals surface area contributed by atoms with Crippen molar-refractivity contribution in [3.63, 3.8) is 0 Å². The van der Waals surface area contributed by atoms with Crippen LogP contribution in [0, 0.1) is 0 Å². The van der Waals surface area contributed by atoms with Crippen molar-refractivity contribution in [2.24, 2.45) is 0 Å². The van der Waals surface area contributed by atoms with E-state index in [1.165, 1.54) is 0 Å². The van der Waals surface area contributed by atoms with Crippen LogP contribution < -0.4 is 4.74 Å². The van der Waals surface area contributed by atoms with Crippen LogP contribution in [0.2, 0.25) is 5.02 Å². The highest BCUT2D eigenvalue weighted by Gasteiger charge is 2.16. The molecule has 0 N–H and O–H groups in total. The molecular formula is C15H11Br2ClO2. The smallest absolute Gasteiger partial charge is 0.195 e. The van der Waals surface area contributed by atoms with E-state index in [1.807, 2.05) is 6.92 Å².